The third-order valence-corrected chi connectivity index (χ3v) is 2.61. The molecule has 0 unspecified atom stereocenters. The van der Waals surface area contributed by atoms with Crippen molar-refractivity contribution in [3.05, 3.63) is 18.2 Å². The van der Waals surface area contributed by atoms with Crippen LogP contribution in [0.3, 0.4) is 0 Å². The summed E-state index contributed by atoms with van der Waals surface area (Å²) in [4.78, 5) is 17.5. The van der Waals surface area contributed by atoms with Gasteiger partial charge in [0.05, 0.1) is 12.5 Å². The highest BCUT2D eigenvalue weighted by Crippen LogP contribution is 2.16. The van der Waals surface area contributed by atoms with Gasteiger partial charge in [-0.3, -0.25) is 4.79 Å². The molecule has 2 rings (SSSR count). The molecule has 1 aliphatic heterocycles. The summed E-state index contributed by atoms with van der Waals surface area (Å²) >= 11 is 0. The summed E-state index contributed by atoms with van der Waals surface area (Å²) in [7, 11) is 1.82. The van der Waals surface area contributed by atoms with Gasteiger partial charge < -0.3 is 15.2 Å². The van der Waals surface area contributed by atoms with Crippen molar-refractivity contribution in [1.82, 2.24) is 14.5 Å². The van der Waals surface area contributed by atoms with Gasteiger partial charge in [-0.15, -0.1) is 0 Å². The summed E-state index contributed by atoms with van der Waals surface area (Å²) in [5.41, 5.74) is 6.13. The molecule has 0 radical (unpaired) electrons. The third kappa shape index (κ3) is 1.39. The molecule has 1 aromatic heterocycles. The first-order valence-electron chi connectivity index (χ1n) is 4.68. The Morgan fingerprint density at radius 2 is 2.43 bits per heavy atom. The number of nitrogens with zero attached hydrogens (tertiary/aromatic N) is 3. The van der Waals surface area contributed by atoms with E-state index in [0.717, 1.165) is 13.1 Å². The molecule has 1 aromatic rings. The van der Waals surface area contributed by atoms with Gasteiger partial charge in [0.1, 0.15) is 5.69 Å². The maximum Gasteiger partial charge on any atom is 0.272 e. The summed E-state index contributed by atoms with van der Waals surface area (Å²) in [6.45, 7) is 2.22. The first-order valence-corrected chi connectivity index (χ1v) is 4.68. The first-order chi connectivity index (χ1) is 6.72. The first kappa shape index (κ1) is 9.21. The maximum atomic E-state index is 11.8. The Kier molecular flexibility index (Phi) is 2.25. The van der Waals surface area contributed by atoms with Crippen molar-refractivity contribution in [2.75, 3.05) is 19.6 Å². The summed E-state index contributed by atoms with van der Waals surface area (Å²) in [5, 5.41) is 0. The van der Waals surface area contributed by atoms with Crippen LogP contribution in [0.2, 0.25) is 0 Å². The molecule has 0 aromatic carbocycles. The standard InChI is InChI=1S/C9H14N4O/c1-12-6-11-3-8(12)9(14)13-4-7(2-10)5-13/h3,6-7H,2,4-5,10H2,1H3. The smallest absolute Gasteiger partial charge is 0.272 e. The van der Waals surface area contributed by atoms with E-state index in [1.54, 1.807) is 22.0 Å². The van der Waals surface area contributed by atoms with E-state index in [1.165, 1.54) is 0 Å². The van der Waals surface area contributed by atoms with E-state index in [4.69, 9.17) is 5.73 Å². The van der Waals surface area contributed by atoms with Gasteiger partial charge in [-0.25, -0.2) is 4.98 Å². The van der Waals surface area contributed by atoms with E-state index in [1.807, 2.05) is 7.05 Å². The van der Waals surface area contributed by atoms with Crippen LogP contribution in [0.5, 0.6) is 0 Å². The van der Waals surface area contributed by atoms with Crippen LogP contribution in [-0.2, 0) is 7.05 Å². The topological polar surface area (TPSA) is 64.2 Å². The summed E-state index contributed by atoms with van der Waals surface area (Å²) in [5.74, 6) is 0.530. The fourth-order valence-corrected chi connectivity index (χ4v) is 1.61. The number of imidazole rings is 1. The van der Waals surface area contributed by atoms with Crippen molar-refractivity contribution in [2.24, 2.45) is 18.7 Å². The molecular formula is C9H14N4O. The number of hydrogen-bond acceptors (Lipinski definition) is 3. The quantitative estimate of drug-likeness (QED) is 0.687. The number of nitrogens with two attached hydrogens (primary N) is 1. The zero-order valence-electron chi connectivity index (χ0n) is 8.18. The minimum Gasteiger partial charge on any atom is -0.337 e. The SMILES string of the molecule is Cn1cncc1C(=O)N1CC(CN)C1. The fraction of sp³-hybridized carbons (Fsp3) is 0.556. The van der Waals surface area contributed by atoms with Gasteiger partial charge in [0.2, 0.25) is 0 Å². The Balaban J connectivity index is 2.01. The minimum atomic E-state index is 0.0506. The highest BCUT2D eigenvalue weighted by Gasteiger charge is 2.31. The van der Waals surface area contributed by atoms with Crippen molar-refractivity contribution in [3.63, 3.8) is 0 Å². The predicted molar refractivity (Wildman–Crippen MR) is 51.7 cm³/mol. The lowest BCUT2D eigenvalue weighted by molar-refractivity contribution is 0.0505. The number of hydrogen-bond donors (Lipinski definition) is 1. The van der Waals surface area contributed by atoms with Crippen LogP contribution in [0.15, 0.2) is 12.5 Å². The average Bonchev–Trinajstić information content (AvgIpc) is 2.49. The molecule has 5 nitrogen and oxygen atoms in total. The second kappa shape index (κ2) is 3.42. The second-order valence-electron chi connectivity index (χ2n) is 3.70. The Labute approximate surface area is 82.5 Å². The molecule has 2 heterocycles. The zero-order chi connectivity index (χ0) is 10.1. The number of rotatable bonds is 2. The lowest BCUT2D eigenvalue weighted by Crippen LogP contribution is -2.52. The van der Waals surface area contributed by atoms with Crippen LogP contribution in [0.1, 0.15) is 10.5 Å². The van der Waals surface area contributed by atoms with Crippen LogP contribution in [0.4, 0.5) is 0 Å². The van der Waals surface area contributed by atoms with Gasteiger partial charge >= 0.3 is 0 Å². The molecule has 0 spiro atoms. The number of aryl methyl sites for hydroxylation is 1. The van der Waals surface area contributed by atoms with Crippen LogP contribution in [-0.4, -0.2) is 40.0 Å². The van der Waals surface area contributed by atoms with E-state index < -0.39 is 0 Å². The molecule has 1 fully saturated rings. The molecule has 0 atom stereocenters. The summed E-state index contributed by atoms with van der Waals surface area (Å²) < 4.78 is 1.73. The molecular weight excluding hydrogens is 180 g/mol. The van der Waals surface area contributed by atoms with Gasteiger partial charge in [-0.05, 0) is 6.54 Å². The fourth-order valence-electron chi connectivity index (χ4n) is 1.61. The Morgan fingerprint density at radius 1 is 1.71 bits per heavy atom. The highest BCUT2D eigenvalue weighted by atomic mass is 16.2. The summed E-state index contributed by atoms with van der Waals surface area (Å²) in [6, 6.07) is 0. The zero-order valence-corrected chi connectivity index (χ0v) is 8.18. The predicted octanol–water partition coefficient (Wildman–Crippen LogP) is -0.549. The lowest BCUT2D eigenvalue weighted by Gasteiger charge is -2.38. The van der Waals surface area contributed by atoms with E-state index >= 15 is 0 Å². The summed E-state index contributed by atoms with van der Waals surface area (Å²) in [6.07, 6.45) is 3.23. The second-order valence-corrected chi connectivity index (χ2v) is 3.70. The largest absolute Gasteiger partial charge is 0.337 e. The number of aromatic nitrogens is 2. The Hall–Kier alpha value is -1.36. The normalized spacial score (nSPS) is 16.9. The van der Waals surface area contributed by atoms with E-state index in [0.29, 0.717) is 18.2 Å². The van der Waals surface area contributed by atoms with E-state index in [9.17, 15) is 4.79 Å². The molecule has 0 saturated carbocycles. The van der Waals surface area contributed by atoms with Crippen molar-refractivity contribution < 1.29 is 4.79 Å². The van der Waals surface area contributed by atoms with E-state index in [-0.39, 0.29) is 5.91 Å². The minimum absolute atomic E-state index is 0.0506. The highest BCUT2D eigenvalue weighted by molar-refractivity contribution is 5.92. The Morgan fingerprint density at radius 3 is 2.93 bits per heavy atom. The third-order valence-electron chi connectivity index (χ3n) is 2.61. The molecule has 5 heteroatoms. The van der Waals surface area contributed by atoms with Crippen LogP contribution < -0.4 is 5.73 Å². The molecule has 76 valence electrons. The molecule has 2 N–H and O–H groups in total. The monoisotopic (exact) mass is 194 g/mol. The maximum absolute atomic E-state index is 11.8. The average molecular weight is 194 g/mol. The molecule has 0 aliphatic carbocycles. The van der Waals surface area contributed by atoms with Gasteiger partial charge in [0.15, 0.2) is 0 Å². The van der Waals surface area contributed by atoms with Gasteiger partial charge in [0, 0.05) is 26.1 Å². The van der Waals surface area contributed by atoms with Crippen molar-refractivity contribution in [1.29, 1.82) is 0 Å². The van der Waals surface area contributed by atoms with Gasteiger partial charge in [-0.2, -0.15) is 0 Å². The van der Waals surface area contributed by atoms with Gasteiger partial charge in [0.25, 0.3) is 5.91 Å². The van der Waals surface area contributed by atoms with Crippen molar-refractivity contribution >= 4 is 5.91 Å². The van der Waals surface area contributed by atoms with Crippen LogP contribution >= 0.6 is 0 Å². The number of amides is 1. The van der Waals surface area contributed by atoms with E-state index in [2.05, 4.69) is 4.98 Å². The lowest BCUT2D eigenvalue weighted by atomic mass is 10.0. The molecule has 1 saturated heterocycles. The van der Waals surface area contributed by atoms with Gasteiger partial charge in [-0.1, -0.05) is 0 Å². The Bertz CT molecular complexity index is 340. The molecule has 1 amide bonds. The number of likely N-dealkylation sites (tertiary alicyclic amines) is 1. The van der Waals surface area contributed by atoms with Crippen molar-refractivity contribution in [3.8, 4) is 0 Å². The molecule has 1 aliphatic rings. The number of carbonyl (C=O) groups is 1. The number of carbonyl (C=O) groups excluding carboxylic acids is 1. The molecule has 0 bridgehead atoms. The van der Waals surface area contributed by atoms with Crippen LogP contribution in [0, 0.1) is 5.92 Å². The van der Waals surface area contributed by atoms with Crippen LogP contribution in [0.25, 0.3) is 0 Å². The molecule has 14 heavy (non-hydrogen) atoms. The van der Waals surface area contributed by atoms with Crippen molar-refractivity contribution in [2.45, 2.75) is 0 Å².